The first-order chi connectivity index (χ1) is 11.9. The average molecular weight is 365 g/mol. The van der Waals surface area contributed by atoms with Gasteiger partial charge in [0.1, 0.15) is 5.82 Å². The van der Waals surface area contributed by atoms with Gasteiger partial charge in [0.2, 0.25) is 10.0 Å². The lowest BCUT2D eigenvalue weighted by Gasteiger charge is -2.07. The molecule has 5 nitrogen and oxygen atoms in total. The highest BCUT2D eigenvalue weighted by molar-refractivity contribution is 7.88. The fraction of sp³-hybridized carbons (Fsp3) is 0.278. The van der Waals surface area contributed by atoms with E-state index in [1.54, 1.807) is 24.3 Å². The van der Waals surface area contributed by atoms with E-state index in [0.717, 1.165) is 5.56 Å². The summed E-state index contributed by atoms with van der Waals surface area (Å²) in [5.41, 5.74) is 1.91. The number of methoxy groups -OCH3 is 1. The van der Waals surface area contributed by atoms with Crippen LogP contribution < -0.4 is 4.72 Å². The van der Waals surface area contributed by atoms with Gasteiger partial charge >= 0.3 is 5.97 Å². The lowest BCUT2D eigenvalue weighted by molar-refractivity contribution is 0.0600. The number of carbonyl (C=O) groups excluding carboxylic acids is 1. The number of sulfonamides is 1. The van der Waals surface area contributed by atoms with Crippen molar-refractivity contribution >= 4 is 16.0 Å². The second kappa shape index (κ2) is 8.73. The monoisotopic (exact) mass is 365 g/mol. The summed E-state index contributed by atoms with van der Waals surface area (Å²) in [7, 11) is -2.17. The maximum atomic E-state index is 12.8. The number of carbonyl (C=O) groups is 1. The molecule has 1 N–H and O–H groups in total. The van der Waals surface area contributed by atoms with Crippen LogP contribution in [0, 0.1) is 5.82 Å². The highest BCUT2D eigenvalue weighted by Gasteiger charge is 2.12. The zero-order valence-corrected chi connectivity index (χ0v) is 14.7. The molecule has 0 aromatic heterocycles. The van der Waals surface area contributed by atoms with Crippen LogP contribution in [0.4, 0.5) is 4.39 Å². The van der Waals surface area contributed by atoms with E-state index in [9.17, 15) is 17.6 Å². The lowest BCUT2D eigenvalue weighted by Crippen LogP contribution is -2.26. The molecule has 0 aliphatic carbocycles. The van der Waals surface area contributed by atoms with Gasteiger partial charge in [-0.3, -0.25) is 0 Å². The number of hydrogen-bond acceptors (Lipinski definition) is 4. The smallest absolute Gasteiger partial charge is 0.337 e. The Bertz CT molecular complexity index is 802. The highest BCUT2D eigenvalue weighted by Crippen LogP contribution is 2.09. The molecule has 0 bridgehead atoms. The molecule has 0 atom stereocenters. The van der Waals surface area contributed by atoms with Gasteiger partial charge in [-0.1, -0.05) is 24.3 Å². The number of nitrogens with one attached hydrogen (secondary N) is 1. The first-order valence-electron chi connectivity index (χ1n) is 7.79. The normalized spacial score (nSPS) is 11.3. The Balaban J connectivity index is 1.81. The summed E-state index contributed by atoms with van der Waals surface area (Å²) in [6.45, 7) is 0.306. The fourth-order valence-corrected chi connectivity index (χ4v) is 3.49. The molecule has 0 aliphatic heterocycles. The summed E-state index contributed by atoms with van der Waals surface area (Å²) < 4.78 is 44.1. The highest BCUT2D eigenvalue weighted by atomic mass is 32.2. The minimum Gasteiger partial charge on any atom is -0.465 e. The van der Waals surface area contributed by atoms with Gasteiger partial charge in [0.05, 0.1) is 18.4 Å². The van der Waals surface area contributed by atoms with Crippen molar-refractivity contribution in [2.24, 2.45) is 0 Å². The standard InChI is InChI=1S/C18H20FNO4S/c1-24-18(21)16-8-4-15(5-9-16)13-25(22,23)20-12-2-3-14-6-10-17(19)11-7-14/h4-11,20H,2-3,12-13H2,1H3. The second-order valence-electron chi connectivity index (χ2n) is 5.57. The minimum atomic E-state index is -3.46. The van der Waals surface area contributed by atoms with Crippen molar-refractivity contribution in [3.8, 4) is 0 Å². The maximum Gasteiger partial charge on any atom is 0.337 e. The molecule has 0 saturated carbocycles. The summed E-state index contributed by atoms with van der Waals surface area (Å²) >= 11 is 0. The Morgan fingerprint density at radius 1 is 1.04 bits per heavy atom. The Morgan fingerprint density at radius 2 is 1.64 bits per heavy atom. The first-order valence-corrected chi connectivity index (χ1v) is 9.44. The van der Waals surface area contributed by atoms with Crippen molar-refractivity contribution in [3.05, 3.63) is 71.0 Å². The molecule has 0 amide bonds. The SMILES string of the molecule is COC(=O)c1ccc(CS(=O)(=O)NCCCc2ccc(F)cc2)cc1. The van der Waals surface area contributed by atoms with Crippen molar-refractivity contribution < 1.29 is 22.3 Å². The molecule has 0 aliphatic rings. The number of ether oxygens (including phenoxy) is 1. The molecule has 0 unspecified atom stereocenters. The zero-order valence-electron chi connectivity index (χ0n) is 13.9. The van der Waals surface area contributed by atoms with E-state index in [2.05, 4.69) is 9.46 Å². The maximum absolute atomic E-state index is 12.8. The minimum absolute atomic E-state index is 0.162. The van der Waals surface area contributed by atoms with E-state index < -0.39 is 16.0 Å². The van der Waals surface area contributed by atoms with Crippen molar-refractivity contribution in [3.63, 3.8) is 0 Å². The average Bonchev–Trinajstić information content (AvgIpc) is 2.60. The predicted octanol–water partition coefficient (Wildman–Crippen LogP) is 2.66. The van der Waals surface area contributed by atoms with Gasteiger partial charge in [0, 0.05) is 6.54 Å². The number of rotatable bonds is 8. The molecule has 134 valence electrons. The summed E-state index contributed by atoms with van der Waals surface area (Å²) in [5.74, 6) is -0.915. The molecular formula is C18H20FNO4S. The zero-order chi connectivity index (χ0) is 18.3. The Morgan fingerprint density at radius 3 is 2.24 bits per heavy atom. The molecule has 2 rings (SSSR count). The molecule has 2 aromatic carbocycles. The first kappa shape index (κ1) is 19.1. The molecular weight excluding hydrogens is 345 g/mol. The fourth-order valence-electron chi connectivity index (χ4n) is 2.30. The van der Waals surface area contributed by atoms with Crippen LogP contribution in [0.5, 0.6) is 0 Å². The summed E-state index contributed by atoms with van der Waals surface area (Å²) in [6, 6.07) is 12.4. The third-order valence-corrected chi connectivity index (χ3v) is 4.97. The van der Waals surface area contributed by atoms with Gasteiger partial charge < -0.3 is 4.74 Å². The third kappa shape index (κ3) is 6.28. The van der Waals surface area contributed by atoms with Gasteiger partial charge in [0.25, 0.3) is 0 Å². The number of benzene rings is 2. The topological polar surface area (TPSA) is 72.5 Å². The van der Waals surface area contributed by atoms with Crippen LogP contribution >= 0.6 is 0 Å². The van der Waals surface area contributed by atoms with Crippen LogP contribution in [0.1, 0.15) is 27.9 Å². The van der Waals surface area contributed by atoms with E-state index in [-0.39, 0.29) is 11.6 Å². The molecule has 2 aromatic rings. The van der Waals surface area contributed by atoms with Crippen LogP contribution in [0.15, 0.2) is 48.5 Å². The van der Waals surface area contributed by atoms with E-state index in [0.29, 0.717) is 30.5 Å². The second-order valence-corrected chi connectivity index (χ2v) is 7.38. The van der Waals surface area contributed by atoms with Gasteiger partial charge in [0.15, 0.2) is 0 Å². The van der Waals surface area contributed by atoms with Gasteiger partial charge in [-0.15, -0.1) is 0 Å². The number of aryl methyl sites for hydroxylation is 1. The van der Waals surface area contributed by atoms with Gasteiger partial charge in [-0.2, -0.15) is 0 Å². The molecule has 0 fully saturated rings. The number of hydrogen-bond donors (Lipinski definition) is 1. The van der Waals surface area contributed by atoms with Crippen molar-refractivity contribution in [2.45, 2.75) is 18.6 Å². The Kier molecular flexibility index (Phi) is 6.66. The van der Waals surface area contributed by atoms with Crippen LogP contribution in [0.2, 0.25) is 0 Å². The third-order valence-electron chi connectivity index (χ3n) is 3.61. The van der Waals surface area contributed by atoms with Crippen LogP contribution in [0.25, 0.3) is 0 Å². The predicted molar refractivity (Wildman–Crippen MR) is 93.1 cm³/mol. The molecule has 0 radical (unpaired) electrons. The molecule has 0 spiro atoms. The van der Waals surface area contributed by atoms with Gasteiger partial charge in [-0.25, -0.2) is 22.3 Å². The van der Waals surface area contributed by atoms with E-state index >= 15 is 0 Å². The Hall–Kier alpha value is -2.25. The van der Waals surface area contributed by atoms with Crippen molar-refractivity contribution in [1.29, 1.82) is 0 Å². The van der Waals surface area contributed by atoms with Crippen molar-refractivity contribution in [1.82, 2.24) is 4.72 Å². The lowest BCUT2D eigenvalue weighted by atomic mass is 10.1. The summed E-state index contributed by atoms with van der Waals surface area (Å²) in [4.78, 5) is 11.3. The molecule has 25 heavy (non-hydrogen) atoms. The summed E-state index contributed by atoms with van der Waals surface area (Å²) in [5, 5.41) is 0. The van der Waals surface area contributed by atoms with E-state index in [1.165, 1.54) is 31.4 Å². The molecule has 7 heteroatoms. The number of halogens is 1. The van der Waals surface area contributed by atoms with Crippen LogP contribution in [-0.2, 0) is 26.9 Å². The van der Waals surface area contributed by atoms with Gasteiger partial charge in [-0.05, 0) is 48.2 Å². The molecule has 0 heterocycles. The quantitative estimate of drug-likeness (QED) is 0.577. The van der Waals surface area contributed by atoms with Crippen LogP contribution in [0.3, 0.4) is 0 Å². The summed E-state index contributed by atoms with van der Waals surface area (Å²) in [6.07, 6.45) is 1.28. The van der Waals surface area contributed by atoms with Crippen molar-refractivity contribution in [2.75, 3.05) is 13.7 Å². The Labute approximate surface area is 146 Å². The van der Waals surface area contributed by atoms with E-state index in [4.69, 9.17) is 0 Å². The number of esters is 1. The largest absolute Gasteiger partial charge is 0.465 e. The van der Waals surface area contributed by atoms with E-state index in [1.807, 2.05) is 0 Å². The van der Waals surface area contributed by atoms with Crippen LogP contribution in [-0.4, -0.2) is 28.0 Å². The molecule has 0 saturated heterocycles.